The molecule has 3 fully saturated rings. The van der Waals surface area contributed by atoms with Crippen molar-refractivity contribution < 1.29 is 33.2 Å². The van der Waals surface area contributed by atoms with Crippen molar-refractivity contribution >= 4 is 40.8 Å². The highest BCUT2D eigenvalue weighted by Gasteiger charge is 2.61. The van der Waals surface area contributed by atoms with E-state index in [0.29, 0.717) is 123 Å². The first-order valence-corrected chi connectivity index (χ1v) is 26.8. The van der Waals surface area contributed by atoms with Crippen LogP contribution < -0.4 is 21.2 Å². The van der Waals surface area contributed by atoms with Crippen LogP contribution in [0.1, 0.15) is 97.4 Å². The molecule has 2 N–H and O–H groups in total. The third-order valence-electron chi connectivity index (χ3n) is 15.8. The fourth-order valence-corrected chi connectivity index (χ4v) is 13.7. The lowest BCUT2D eigenvalue weighted by molar-refractivity contribution is -0.0896. The molecule has 18 heteroatoms. The Kier molecular flexibility index (Phi) is 11.7. The lowest BCUT2D eigenvalue weighted by Gasteiger charge is -2.34. The summed E-state index contributed by atoms with van der Waals surface area (Å²) in [4.78, 5) is 40.1. The van der Waals surface area contributed by atoms with Gasteiger partial charge >= 0.3 is 12.1 Å². The number of nitrogens with one attached hydrogen (secondary N) is 1. The van der Waals surface area contributed by atoms with E-state index in [-0.39, 0.29) is 23.3 Å². The predicted molar refractivity (Wildman–Crippen MR) is 267 cm³/mol. The van der Waals surface area contributed by atoms with Gasteiger partial charge in [0.1, 0.15) is 30.0 Å². The van der Waals surface area contributed by atoms with Crippen LogP contribution in [0.15, 0.2) is 76.9 Å². The van der Waals surface area contributed by atoms with Gasteiger partial charge in [-0.05, 0) is 117 Å². The van der Waals surface area contributed by atoms with Gasteiger partial charge in [-0.3, -0.25) is 13.9 Å². The van der Waals surface area contributed by atoms with Gasteiger partial charge in [-0.15, -0.1) is 0 Å². The number of imidazole rings is 1. The van der Waals surface area contributed by atoms with Crippen LogP contribution in [0, 0.1) is 25.6 Å². The Morgan fingerprint density at radius 2 is 1.61 bits per heavy atom. The molecule has 11 rings (SSSR count). The van der Waals surface area contributed by atoms with E-state index in [0.717, 1.165) is 40.4 Å². The molecular weight excluding hydrogens is 913 g/mol. The smallest absolute Gasteiger partial charge is 0.338 e. The van der Waals surface area contributed by atoms with Crippen molar-refractivity contribution in [1.29, 1.82) is 0 Å². The molecule has 5 aliphatic rings. The van der Waals surface area contributed by atoms with Crippen LogP contribution in [-0.2, 0) is 30.8 Å². The van der Waals surface area contributed by atoms with E-state index < -0.39 is 25.1 Å². The van der Waals surface area contributed by atoms with E-state index in [4.69, 9.17) is 19.4 Å². The molecule has 1 aliphatic carbocycles. The molecule has 6 aromatic rings. The fraction of sp³-hybridized carbons (Fsp3) is 0.462. The quantitative estimate of drug-likeness (QED) is 0.130. The first-order valence-electron chi connectivity index (χ1n) is 24.7. The van der Waals surface area contributed by atoms with E-state index in [9.17, 15) is 9.67 Å². The van der Waals surface area contributed by atoms with Crippen LogP contribution in [-0.4, -0.2) is 110 Å². The first-order chi connectivity index (χ1) is 33.8. The van der Waals surface area contributed by atoms with E-state index in [1.165, 1.54) is 5.56 Å². The Morgan fingerprint density at radius 1 is 0.914 bits per heavy atom. The van der Waals surface area contributed by atoms with E-state index >= 15 is 14.0 Å². The van der Waals surface area contributed by atoms with Crippen LogP contribution in [0.3, 0.4) is 0 Å². The van der Waals surface area contributed by atoms with Crippen molar-refractivity contribution in [2.75, 3.05) is 63.3 Å². The van der Waals surface area contributed by atoms with Crippen LogP contribution in [0.5, 0.6) is 0 Å². The highest BCUT2D eigenvalue weighted by atomic mass is 31.2. The lowest BCUT2D eigenvalue weighted by atomic mass is 9.91. The number of anilines is 1. The first kappa shape index (κ1) is 46.4. The number of morpholine rings is 1. The predicted octanol–water partition coefficient (Wildman–Crippen LogP) is 6.99. The maximum absolute atomic E-state index is 15.6. The van der Waals surface area contributed by atoms with Gasteiger partial charge in [0.05, 0.1) is 36.3 Å². The minimum atomic E-state index is -2.72. The summed E-state index contributed by atoms with van der Waals surface area (Å²) in [5.74, 6) is 0.796. The molecule has 1 amide bonds. The highest BCUT2D eigenvalue weighted by molar-refractivity contribution is 7.71. The summed E-state index contributed by atoms with van der Waals surface area (Å²) >= 11 is 0. The van der Waals surface area contributed by atoms with Gasteiger partial charge in [0, 0.05) is 91.4 Å². The number of halogens is 1. The Hall–Kier alpha value is -6.00. The van der Waals surface area contributed by atoms with Gasteiger partial charge in [-0.25, -0.2) is 13.9 Å². The molecule has 2 saturated heterocycles. The van der Waals surface area contributed by atoms with Gasteiger partial charge in [-0.1, -0.05) is 32.0 Å². The fourth-order valence-electron chi connectivity index (χ4n) is 11.6. The van der Waals surface area contributed by atoms with E-state index in [1.54, 1.807) is 52.2 Å². The maximum Gasteiger partial charge on any atom is 0.338 e. The number of amides is 1. The number of oxime groups is 1. The standard InChI is InChI=1S/C52H61FN9O7P/c1-7-70(66,8-2)44-12-10-38(29-42(44)57-19-23-68-24-20-57)59-17-18-60(51(59)65)47-45-34(6)58(16-13-40(45)55-62(47)39-25-31(3)46(53)32(4)26-39)48(63)43-28-37-27-36(35-14-21-67-22-15-35)9-11-41(37)61(43)52(30-33(52)5)49-54-50(64)69-56-49/h9-12,17-18,25-29,33-35,50,64H,7-8,13-16,19-24,30H2,1-6H3,(H,54,56)/t33-,34-,50?,52-/m0/s1. The van der Waals surface area contributed by atoms with Crippen LogP contribution in [0.4, 0.5) is 10.1 Å². The number of rotatable bonds is 11. The van der Waals surface area contributed by atoms with Crippen molar-refractivity contribution in [3.05, 3.63) is 117 Å². The molecule has 368 valence electrons. The number of aromatic nitrogens is 5. The summed E-state index contributed by atoms with van der Waals surface area (Å²) in [6.07, 6.45) is 6.10. The zero-order valence-corrected chi connectivity index (χ0v) is 41.5. The molecule has 70 heavy (non-hydrogen) atoms. The second-order valence-corrected chi connectivity index (χ2v) is 23.2. The molecule has 4 aliphatic heterocycles. The van der Waals surface area contributed by atoms with Crippen molar-refractivity contribution in [1.82, 2.24) is 33.7 Å². The molecule has 1 saturated carbocycles. The van der Waals surface area contributed by atoms with E-state index in [2.05, 4.69) is 45.1 Å². The van der Waals surface area contributed by atoms with Gasteiger partial charge in [0.2, 0.25) is 0 Å². The number of carbonyl (C=O) groups is 1. The van der Waals surface area contributed by atoms with Gasteiger partial charge in [-0.2, -0.15) is 5.10 Å². The normalized spacial score (nSPS) is 22.8. The maximum atomic E-state index is 15.6. The summed E-state index contributed by atoms with van der Waals surface area (Å²) in [7, 11) is -2.72. The SMILES string of the molecule is CCP(=O)(CC)c1ccc(-n2ccn(-c3c4c(nn3-c3cc(C)c(F)c(C)c3)CCN(C(=O)c3cc5cc(C6CCOCC6)ccc5n3[C@@]3(C5=NOC(O)N5)C[C@@H]3C)[C@H]4C)c2=O)cc1N1CCOCC1. The zero-order valence-electron chi connectivity index (χ0n) is 40.7. The molecular formula is C52H61FN9O7P. The minimum absolute atomic E-state index is 0.0580. The molecule has 0 spiro atoms. The third-order valence-corrected chi connectivity index (χ3v) is 19.1. The zero-order chi connectivity index (χ0) is 48.8. The number of ether oxygens (including phenoxy) is 2. The summed E-state index contributed by atoms with van der Waals surface area (Å²) in [6, 6.07) is 17.1. The van der Waals surface area contributed by atoms with Gasteiger partial charge < -0.3 is 43.7 Å². The number of aliphatic hydroxyl groups is 1. The molecule has 1 unspecified atom stereocenters. The molecule has 3 aromatic heterocycles. The molecule has 0 radical (unpaired) electrons. The minimum Gasteiger partial charge on any atom is -0.381 e. The average Bonchev–Trinajstić information content (AvgIpc) is 3.88. The Balaban J connectivity index is 1.04. The number of aliphatic hydroxyl groups excluding tert-OH is 1. The molecule has 3 aromatic carbocycles. The van der Waals surface area contributed by atoms with Crippen LogP contribution in [0.2, 0.25) is 0 Å². The molecule has 16 nitrogen and oxygen atoms in total. The van der Waals surface area contributed by atoms with Crippen LogP contribution in [0.25, 0.3) is 28.1 Å². The summed E-state index contributed by atoms with van der Waals surface area (Å²) in [5, 5.41) is 24.6. The number of nitrogens with zero attached hydrogens (tertiary/aromatic N) is 8. The Labute approximate surface area is 406 Å². The number of amidine groups is 1. The van der Waals surface area contributed by atoms with Crippen LogP contribution >= 0.6 is 7.14 Å². The molecule has 7 heterocycles. The van der Waals surface area contributed by atoms with Crippen molar-refractivity contribution in [2.45, 2.75) is 91.1 Å². The number of fused-ring (bicyclic) bond motifs is 2. The number of hydrogen-bond acceptors (Lipinski definition) is 11. The topological polar surface area (TPSA) is 163 Å². The Morgan fingerprint density at radius 3 is 2.29 bits per heavy atom. The third kappa shape index (κ3) is 7.45. The monoisotopic (exact) mass is 973 g/mol. The Bertz CT molecular complexity index is 3170. The average molecular weight is 974 g/mol. The number of hydrogen-bond donors (Lipinski definition) is 2. The van der Waals surface area contributed by atoms with Crippen molar-refractivity contribution in [3.8, 4) is 17.2 Å². The lowest BCUT2D eigenvalue weighted by Crippen LogP contribution is -2.44. The largest absolute Gasteiger partial charge is 0.381 e. The summed E-state index contributed by atoms with van der Waals surface area (Å²) < 4.78 is 47.9. The second kappa shape index (κ2) is 17.7. The van der Waals surface area contributed by atoms with Crippen molar-refractivity contribution in [2.24, 2.45) is 11.1 Å². The van der Waals surface area contributed by atoms with Crippen molar-refractivity contribution in [3.63, 3.8) is 0 Å². The molecule has 0 bridgehead atoms. The van der Waals surface area contributed by atoms with E-state index in [1.807, 2.05) is 49.9 Å². The number of carbonyl (C=O) groups excluding carboxylic acids is 1. The summed E-state index contributed by atoms with van der Waals surface area (Å²) in [6.45, 7) is 15.6. The number of aryl methyl sites for hydroxylation is 2. The highest BCUT2D eigenvalue weighted by Crippen LogP contribution is 2.54. The number of benzene rings is 3. The second-order valence-electron chi connectivity index (χ2n) is 19.7. The summed E-state index contributed by atoms with van der Waals surface area (Å²) in [5.41, 5.74) is 5.74. The van der Waals surface area contributed by atoms with Gasteiger partial charge in [0.15, 0.2) is 5.84 Å². The molecule has 4 atom stereocenters. The van der Waals surface area contributed by atoms with Gasteiger partial charge in [0.25, 0.3) is 5.91 Å².